The summed E-state index contributed by atoms with van der Waals surface area (Å²) in [4.78, 5) is 23.3. The van der Waals surface area contributed by atoms with E-state index in [0.717, 1.165) is 49.2 Å². The summed E-state index contributed by atoms with van der Waals surface area (Å²) < 4.78 is 0. The molecule has 1 aliphatic heterocycles. The van der Waals surface area contributed by atoms with Gasteiger partial charge < -0.3 is 21.3 Å². The molecule has 1 saturated carbocycles. The summed E-state index contributed by atoms with van der Waals surface area (Å²) in [5.41, 5.74) is 6.63. The molecule has 2 heterocycles. The lowest BCUT2D eigenvalue weighted by Crippen LogP contribution is -2.44. The Balaban J connectivity index is 1.68. The highest BCUT2D eigenvalue weighted by Crippen LogP contribution is 2.25. The molecule has 1 unspecified atom stereocenters. The van der Waals surface area contributed by atoms with Gasteiger partial charge in [0.05, 0.1) is 12.5 Å². The summed E-state index contributed by atoms with van der Waals surface area (Å²) in [7, 11) is 0. The normalized spacial score (nSPS) is 25.5. The number of aromatic nitrogens is 1. The Labute approximate surface area is 174 Å². The molecule has 1 aromatic heterocycles. The number of aliphatic imine (C=N–C) groups is 1. The van der Waals surface area contributed by atoms with E-state index in [-0.39, 0.29) is 11.8 Å². The molecule has 0 aromatic carbocycles. The van der Waals surface area contributed by atoms with Crippen molar-refractivity contribution in [1.82, 2.24) is 15.6 Å². The van der Waals surface area contributed by atoms with E-state index >= 15 is 0 Å². The van der Waals surface area contributed by atoms with Gasteiger partial charge in [0.15, 0.2) is 5.96 Å². The molecule has 2 aliphatic rings. The zero-order valence-corrected chi connectivity index (χ0v) is 17.9. The summed E-state index contributed by atoms with van der Waals surface area (Å²) in [6.07, 6.45) is 8.58. The smallest absolute Gasteiger partial charge is 0.222 e. The van der Waals surface area contributed by atoms with E-state index in [2.05, 4.69) is 40.4 Å². The maximum Gasteiger partial charge on any atom is 0.222 e. The summed E-state index contributed by atoms with van der Waals surface area (Å²) in [6.45, 7) is 7.36. The van der Waals surface area contributed by atoms with Gasteiger partial charge in [-0.1, -0.05) is 13.0 Å². The van der Waals surface area contributed by atoms with Gasteiger partial charge in [0.2, 0.25) is 5.91 Å². The van der Waals surface area contributed by atoms with Crippen molar-refractivity contribution >= 4 is 17.7 Å². The SMILES string of the molecule is CCNC(=NCc1cccnc1N1CCCC(C(N)=O)C1)NC1CCC(C)CC1. The van der Waals surface area contributed by atoms with Crippen LogP contribution in [0.4, 0.5) is 5.82 Å². The van der Waals surface area contributed by atoms with E-state index in [0.29, 0.717) is 19.1 Å². The molecule has 1 aliphatic carbocycles. The Bertz CT molecular complexity index is 698. The molecule has 29 heavy (non-hydrogen) atoms. The Morgan fingerprint density at radius 2 is 2.10 bits per heavy atom. The number of hydrogen-bond donors (Lipinski definition) is 3. The van der Waals surface area contributed by atoms with Gasteiger partial charge in [-0.05, 0) is 57.4 Å². The van der Waals surface area contributed by atoms with Crippen LogP contribution in [-0.4, -0.2) is 42.5 Å². The molecule has 1 aromatic rings. The van der Waals surface area contributed by atoms with Gasteiger partial charge in [-0.25, -0.2) is 9.98 Å². The number of carbonyl (C=O) groups excluding carboxylic acids is 1. The summed E-state index contributed by atoms with van der Waals surface area (Å²) >= 11 is 0. The first-order valence-corrected chi connectivity index (χ1v) is 11.1. The average molecular weight is 401 g/mol. The molecule has 4 N–H and O–H groups in total. The minimum absolute atomic E-state index is 0.102. The van der Waals surface area contributed by atoms with Gasteiger partial charge in [-0.15, -0.1) is 0 Å². The molecular formula is C22H36N6O. The largest absolute Gasteiger partial charge is 0.369 e. The number of piperidine rings is 1. The third kappa shape index (κ3) is 6.08. The zero-order valence-electron chi connectivity index (χ0n) is 17.9. The highest BCUT2D eigenvalue weighted by Gasteiger charge is 2.26. The summed E-state index contributed by atoms with van der Waals surface area (Å²) in [5.74, 6) is 2.31. The maximum absolute atomic E-state index is 11.6. The third-order valence-electron chi connectivity index (χ3n) is 6.10. The lowest BCUT2D eigenvalue weighted by atomic mass is 9.87. The fourth-order valence-corrected chi connectivity index (χ4v) is 4.32. The standard InChI is InChI=1S/C22H36N6O/c1-3-24-22(27-19-10-8-16(2)9-11-19)26-14-17-6-4-12-25-21(17)28-13-5-7-18(15-28)20(23)29/h4,6,12,16,18-19H,3,5,7-11,13-15H2,1-2H3,(H2,23,29)(H2,24,26,27). The number of nitrogens with two attached hydrogens (primary N) is 1. The summed E-state index contributed by atoms with van der Waals surface area (Å²) in [6, 6.07) is 4.52. The number of amides is 1. The van der Waals surface area contributed by atoms with Gasteiger partial charge in [-0.3, -0.25) is 4.79 Å². The molecule has 2 fully saturated rings. The van der Waals surface area contributed by atoms with E-state index in [4.69, 9.17) is 10.7 Å². The van der Waals surface area contributed by atoms with Crippen molar-refractivity contribution in [1.29, 1.82) is 0 Å². The molecule has 0 bridgehead atoms. The number of nitrogens with zero attached hydrogens (tertiary/aromatic N) is 3. The van der Waals surface area contributed by atoms with Gasteiger partial charge in [-0.2, -0.15) is 0 Å². The van der Waals surface area contributed by atoms with Crippen molar-refractivity contribution < 1.29 is 4.79 Å². The van der Waals surface area contributed by atoms with Crippen LogP contribution in [0.3, 0.4) is 0 Å². The second-order valence-electron chi connectivity index (χ2n) is 8.47. The van der Waals surface area contributed by atoms with Crippen molar-refractivity contribution in [2.45, 2.75) is 65.0 Å². The number of rotatable bonds is 6. The number of nitrogens with one attached hydrogen (secondary N) is 2. The fourth-order valence-electron chi connectivity index (χ4n) is 4.32. The van der Waals surface area contributed by atoms with Crippen molar-refractivity contribution in [3.63, 3.8) is 0 Å². The first-order chi connectivity index (χ1) is 14.1. The lowest BCUT2D eigenvalue weighted by molar-refractivity contribution is -0.122. The van der Waals surface area contributed by atoms with Crippen LogP contribution in [0.2, 0.25) is 0 Å². The highest BCUT2D eigenvalue weighted by molar-refractivity contribution is 5.80. The van der Waals surface area contributed by atoms with Crippen molar-refractivity contribution in [2.75, 3.05) is 24.5 Å². The second-order valence-corrected chi connectivity index (χ2v) is 8.47. The maximum atomic E-state index is 11.6. The molecule has 0 radical (unpaired) electrons. The number of guanidine groups is 1. The zero-order chi connectivity index (χ0) is 20.6. The fraction of sp³-hybridized carbons (Fsp3) is 0.682. The topological polar surface area (TPSA) is 95.6 Å². The second kappa shape index (κ2) is 10.5. The van der Waals surface area contributed by atoms with Crippen LogP contribution in [0, 0.1) is 11.8 Å². The average Bonchev–Trinajstić information content (AvgIpc) is 2.74. The third-order valence-corrected chi connectivity index (χ3v) is 6.10. The molecule has 1 amide bonds. The van der Waals surface area contributed by atoms with Gasteiger partial charge >= 0.3 is 0 Å². The molecule has 7 heteroatoms. The molecular weight excluding hydrogens is 364 g/mol. The van der Waals surface area contributed by atoms with Crippen molar-refractivity contribution in [3.8, 4) is 0 Å². The van der Waals surface area contributed by atoms with Crippen LogP contribution in [0.1, 0.15) is 57.9 Å². The van der Waals surface area contributed by atoms with E-state index < -0.39 is 0 Å². The minimum Gasteiger partial charge on any atom is -0.369 e. The number of carbonyl (C=O) groups is 1. The highest BCUT2D eigenvalue weighted by atomic mass is 16.1. The Kier molecular flexibility index (Phi) is 7.72. The van der Waals surface area contributed by atoms with E-state index in [1.165, 1.54) is 25.7 Å². The molecule has 160 valence electrons. The van der Waals surface area contributed by atoms with Crippen LogP contribution in [0.25, 0.3) is 0 Å². The van der Waals surface area contributed by atoms with Crippen LogP contribution < -0.4 is 21.3 Å². The van der Waals surface area contributed by atoms with Crippen molar-refractivity contribution in [3.05, 3.63) is 23.9 Å². The molecule has 3 rings (SSSR count). The van der Waals surface area contributed by atoms with Crippen LogP contribution in [-0.2, 0) is 11.3 Å². The molecule has 0 spiro atoms. The molecule has 1 atom stereocenters. The van der Waals surface area contributed by atoms with Crippen LogP contribution >= 0.6 is 0 Å². The van der Waals surface area contributed by atoms with E-state index in [9.17, 15) is 4.79 Å². The monoisotopic (exact) mass is 400 g/mol. The summed E-state index contributed by atoms with van der Waals surface area (Å²) in [5, 5.41) is 6.99. The van der Waals surface area contributed by atoms with Gasteiger partial charge in [0.1, 0.15) is 5.82 Å². The van der Waals surface area contributed by atoms with Crippen LogP contribution in [0.15, 0.2) is 23.3 Å². The predicted octanol–water partition coefficient (Wildman–Crippen LogP) is 2.42. The molecule has 7 nitrogen and oxygen atoms in total. The molecule has 1 saturated heterocycles. The number of pyridine rings is 1. The number of hydrogen-bond acceptors (Lipinski definition) is 4. The number of primary amides is 1. The Hall–Kier alpha value is -2.31. The lowest BCUT2D eigenvalue weighted by Gasteiger charge is -2.33. The van der Waals surface area contributed by atoms with Gasteiger partial charge in [0.25, 0.3) is 0 Å². The predicted molar refractivity (Wildman–Crippen MR) is 118 cm³/mol. The first kappa shape index (κ1) is 21.4. The Morgan fingerprint density at radius 1 is 1.31 bits per heavy atom. The van der Waals surface area contributed by atoms with E-state index in [1.807, 2.05) is 12.3 Å². The number of anilines is 1. The van der Waals surface area contributed by atoms with E-state index in [1.54, 1.807) is 0 Å². The quantitative estimate of drug-likeness (QED) is 0.503. The van der Waals surface area contributed by atoms with Crippen LogP contribution in [0.5, 0.6) is 0 Å². The minimum atomic E-state index is -0.217. The van der Waals surface area contributed by atoms with Crippen molar-refractivity contribution in [2.24, 2.45) is 22.6 Å². The first-order valence-electron chi connectivity index (χ1n) is 11.1. The Morgan fingerprint density at radius 3 is 2.83 bits per heavy atom. The van der Waals surface area contributed by atoms with Gasteiger partial charge in [0, 0.05) is 37.4 Å².